The molecule has 1 rings (SSSR count). The zero-order chi connectivity index (χ0) is 15.0. The number of hydrogen-bond donors (Lipinski definition) is 0. The highest BCUT2D eigenvalue weighted by molar-refractivity contribution is 9.08. The number of alkyl halides is 4. The van der Waals surface area contributed by atoms with Gasteiger partial charge < -0.3 is 14.2 Å². The quantitative estimate of drug-likeness (QED) is 0.521. The Morgan fingerprint density at radius 2 is 1.90 bits per heavy atom. The van der Waals surface area contributed by atoms with Crippen molar-refractivity contribution in [1.29, 1.82) is 0 Å². The van der Waals surface area contributed by atoms with Crippen LogP contribution in [0.1, 0.15) is 12.5 Å². The van der Waals surface area contributed by atoms with E-state index in [2.05, 4.69) is 20.7 Å². The molecular weight excluding hydrogens is 341 g/mol. The van der Waals surface area contributed by atoms with Crippen LogP contribution in [0.15, 0.2) is 18.2 Å². The standard InChI is InChI=1S/C13H16BrF3O3/c1-2-19-11-5-3-4-10(8-14)12(11)20-7-6-18-9-13(15,16)17/h3-5H,2,6-9H2,1H3. The lowest BCUT2D eigenvalue weighted by Crippen LogP contribution is -2.19. The van der Waals surface area contributed by atoms with E-state index in [-0.39, 0.29) is 13.2 Å². The summed E-state index contributed by atoms with van der Waals surface area (Å²) in [5.41, 5.74) is 0.867. The highest BCUT2D eigenvalue weighted by atomic mass is 79.9. The third kappa shape index (κ3) is 6.00. The van der Waals surface area contributed by atoms with Gasteiger partial charge in [-0.1, -0.05) is 28.1 Å². The maximum atomic E-state index is 11.9. The zero-order valence-electron chi connectivity index (χ0n) is 11.0. The predicted molar refractivity (Wildman–Crippen MR) is 72.6 cm³/mol. The van der Waals surface area contributed by atoms with Crippen molar-refractivity contribution in [3.63, 3.8) is 0 Å². The SMILES string of the molecule is CCOc1cccc(CBr)c1OCCOCC(F)(F)F. The van der Waals surface area contributed by atoms with E-state index in [0.717, 1.165) is 5.56 Å². The van der Waals surface area contributed by atoms with Crippen LogP contribution >= 0.6 is 15.9 Å². The monoisotopic (exact) mass is 356 g/mol. The molecule has 1 aromatic rings. The fourth-order valence-electron chi connectivity index (χ4n) is 1.49. The van der Waals surface area contributed by atoms with E-state index in [1.165, 1.54) is 0 Å². The molecule has 7 heteroatoms. The van der Waals surface area contributed by atoms with E-state index in [1.54, 1.807) is 6.07 Å². The van der Waals surface area contributed by atoms with Gasteiger partial charge in [0, 0.05) is 10.9 Å². The molecule has 20 heavy (non-hydrogen) atoms. The number of rotatable bonds is 8. The van der Waals surface area contributed by atoms with Gasteiger partial charge in [-0.3, -0.25) is 0 Å². The largest absolute Gasteiger partial charge is 0.490 e. The fraction of sp³-hybridized carbons (Fsp3) is 0.538. The molecule has 0 atom stereocenters. The molecule has 0 aliphatic rings. The van der Waals surface area contributed by atoms with Crippen LogP contribution in [0.2, 0.25) is 0 Å². The Morgan fingerprint density at radius 3 is 2.50 bits per heavy atom. The van der Waals surface area contributed by atoms with Crippen molar-refractivity contribution in [3.05, 3.63) is 23.8 Å². The lowest BCUT2D eigenvalue weighted by Gasteiger charge is -2.15. The van der Waals surface area contributed by atoms with Gasteiger partial charge in [-0.2, -0.15) is 13.2 Å². The lowest BCUT2D eigenvalue weighted by molar-refractivity contribution is -0.175. The summed E-state index contributed by atoms with van der Waals surface area (Å²) in [5.74, 6) is 1.10. The van der Waals surface area contributed by atoms with Crippen molar-refractivity contribution in [2.75, 3.05) is 26.4 Å². The molecule has 0 N–H and O–H groups in total. The first kappa shape index (κ1) is 17.1. The van der Waals surface area contributed by atoms with Crippen molar-refractivity contribution < 1.29 is 27.4 Å². The minimum absolute atomic E-state index is 0.0279. The number of benzene rings is 1. The number of ether oxygens (including phenoxy) is 3. The molecule has 0 saturated heterocycles. The van der Waals surface area contributed by atoms with Crippen molar-refractivity contribution >= 4 is 15.9 Å². The van der Waals surface area contributed by atoms with Crippen LogP contribution in [0.5, 0.6) is 11.5 Å². The second-order valence-electron chi connectivity index (χ2n) is 3.83. The fourth-order valence-corrected chi connectivity index (χ4v) is 1.93. The third-order valence-corrected chi connectivity index (χ3v) is 2.85. The maximum Gasteiger partial charge on any atom is 0.411 e. The van der Waals surface area contributed by atoms with Gasteiger partial charge >= 0.3 is 6.18 Å². The summed E-state index contributed by atoms with van der Waals surface area (Å²) in [6.07, 6.45) is -4.32. The van der Waals surface area contributed by atoms with E-state index >= 15 is 0 Å². The lowest BCUT2D eigenvalue weighted by atomic mass is 10.2. The molecule has 0 amide bonds. The van der Waals surface area contributed by atoms with Gasteiger partial charge in [-0.25, -0.2) is 0 Å². The Bertz CT molecular complexity index is 410. The second kappa shape index (κ2) is 8.36. The van der Waals surface area contributed by atoms with E-state index in [9.17, 15) is 13.2 Å². The smallest absolute Gasteiger partial charge is 0.411 e. The Kier molecular flexibility index (Phi) is 7.15. The molecule has 0 aromatic heterocycles. The van der Waals surface area contributed by atoms with Crippen LogP contribution in [0.3, 0.4) is 0 Å². The van der Waals surface area contributed by atoms with E-state index in [4.69, 9.17) is 9.47 Å². The molecule has 1 aromatic carbocycles. The van der Waals surface area contributed by atoms with E-state index in [0.29, 0.717) is 23.4 Å². The highest BCUT2D eigenvalue weighted by Crippen LogP contribution is 2.32. The third-order valence-electron chi connectivity index (χ3n) is 2.24. The topological polar surface area (TPSA) is 27.7 Å². The molecular formula is C13H16BrF3O3. The Balaban J connectivity index is 2.53. The van der Waals surface area contributed by atoms with Crippen LogP contribution in [-0.4, -0.2) is 32.6 Å². The molecule has 114 valence electrons. The van der Waals surface area contributed by atoms with Gasteiger partial charge in [0.05, 0.1) is 13.2 Å². The number of hydrogen-bond acceptors (Lipinski definition) is 3. The van der Waals surface area contributed by atoms with Gasteiger partial charge in [-0.05, 0) is 13.0 Å². The van der Waals surface area contributed by atoms with Crippen LogP contribution in [0.4, 0.5) is 13.2 Å². The molecule has 0 spiro atoms. The maximum absolute atomic E-state index is 11.9. The molecule has 0 heterocycles. The summed E-state index contributed by atoms with van der Waals surface area (Å²) in [6, 6.07) is 5.43. The van der Waals surface area contributed by atoms with Crippen molar-refractivity contribution in [3.8, 4) is 11.5 Å². The van der Waals surface area contributed by atoms with Crippen molar-refractivity contribution in [2.24, 2.45) is 0 Å². The highest BCUT2D eigenvalue weighted by Gasteiger charge is 2.27. The Hall–Kier alpha value is -0.950. The van der Waals surface area contributed by atoms with Crippen LogP contribution in [0.25, 0.3) is 0 Å². The van der Waals surface area contributed by atoms with Crippen LogP contribution < -0.4 is 9.47 Å². The van der Waals surface area contributed by atoms with Crippen LogP contribution in [-0.2, 0) is 10.1 Å². The van der Waals surface area contributed by atoms with Gasteiger partial charge in [0.15, 0.2) is 11.5 Å². The van der Waals surface area contributed by atoms with Gasteiger partial charge in [0.1, 0.15) is 13.2 Å². The number of para-hydroxylation sites is 1. The molecule has 3 nitrogen and oxygen atoms in total. The van der Waals surface area contributed by atoms with Gasteiger partial charge in [-0.15, -0.1) is 0 Å². The van der Waals surface area contributed by atoms with Gasteiger partial charge in [0.25, 0.3) is 0 Å². The average Bonchev–Trinajstić information content (AvgIpc) is 2.38. The predicted octanol–water partition coefficient (Wildman–Crippen LogP) is 3.94. The molecule has 0 fully saturated rings. The minimum atomic E-state index is -4.32. The second-order valence-corrected chi connectivity index (χ2v) is 4.39. The van der Waals surface area contributed by atoms with Crippen molar-refractivity contribution in [2.45, 2.75) is 18.4 Å². The summed E-state index contributed by atoms with van der Waals surface area (Å²) >= 11 is 3.33. The zero-order valence-corrected chi connectivity index (χ0v) is 12.6. The van der Waals surface area contributed by atoms with E-state index in [1.807, 2.05) is 19.1 Å². The molecule has 0 bridgehead atoms. The van der Waals surface area contributed by atoms with Gasteiger partial charge in [0.2, 0.25) is 0 Å². The van der Waals surface area contributed by atoms with Crippen molar-refractivity contribution in [1.82, 2.24) is 0 Å². The first-order chi connectivity index (χ1) is 9.48. The molecule has 0 unspecified atom stereocenters. The Labute approximate surface area is 124 Å². The summed E-state index contributed by atoms with van der Waals surface area (Å²) in [4.78, 5) is 0. The summed E-state index contributed by atoms with van der Waals surface area (Å²) in [5, 5.41) is 0.562. The molecule has 0 aliphatic heterocycles. The molecule has 0 saturated carbocycles. The first-order valence-electron chi connectivity index (χ1n) is 6.06. The summed E-state index contributed by atoms with van der Waals surface area (Å²) < 4.78 is 51.1. The molecule has 0 aliphatic carbocycles. The summed E-state index contributed by atoms with van der Waals surface area (Å²) in [6.45, 7) is 0.945. The number of halogens is 4. The average molecular weight is 357 g/mol. The van der Waals surface area contributed by atoms with Crippen LogP contribution in [0, 0.1) is 0 Å². The van der Waals surface area contributed by atoms with E-state index < -0.39 is 12.8 Å². The molecule has 0 radical (unpaired) electrons. The normalized spacial score (nSPS) is 11.4. The minimum Gasteiger partial charge on any atom is -0.490 e. The first-order valence-corrected chi connectivity index (χ1v) is 7.18. The Morgan fingerprint density at radius 1 is 1.15 bits per heavy atom. The summed E-state index contributed by atoms with van der Waals surface area (Å²) in [7, 11) is 0.